The van der Waals surface area contributed by atoms with E-state index in [1.54, 1.807) is 26.0 Å². The number of ether oxygens (including phenoxy) is 2. The van der Waals surface area contributed by atoms with Gasteiger partial charge in [0.1, 0.15) is 5.75 Å². The van der Waals surface area contributed by atoms with Gasteiger partial charge < -0.3 is 9.47 Å². The summed E-state index contributed by atoms with van der Waals surface area (Å²) in [6.45, 7) is 4.23. The Hall–Kier alpha value is -2.73. The summed E-state index contributed by atoms with van der Waals surface area (Å²) in [7, 11) is 0. The van der Waals surface area contributed by atoms with Crippen LogP contribution < -0.4 is 9.64 Å². The summed E-state index contributed by atoms with van der Waals surface area (Å²) in [5.74, 6) is 1.37. The number of nitrogens with zero attached hydrogens (tertiary/aromatic N) is 2. The molecule has 28 heavy (non-hydrogen) atoms. The van der Waals surface area contributed by atoms with E-state index < -0.39 is 5.41 Å². The molecule has 6 heteroatoms. The lowest BCUT2D eigenvalue weighted by atomic mass is 9.92. The molecule has 2 aromatic rings. The molecular formula is C22H22N2O4. The van der Waals surface area contributed by atoms with Crippen LogP contribution in [-0.4, -0.2) is 16.8 Å². The molecule has 3 heterocycles. The number of hydrogen-bond donors (Lipinski definition) is 0. The molecule has 1 saturated carbocycles. The number of carbonyl (C=O) groups is 2. The van der Waals surface area contributed by atoms with Crippen LogP contribution in [0.3, 0.4) is 0 Å². The molecule has 6 nitrogen and oxygen atoms in total. The molecule has 0 N–H and O–H groups in total. The van der Waals surface area contributed by atoms with Crippen LogP contribution >= 0.6 is 0 Å². The lowest BCUT2D eigenvalue weighted by molar-refractivity contribution is -0.124. The second-order valence-electron chi connectivity index (χ2n) is 8.48. The van der Waals surface area contributed by atoms with Crippen LogP contribution in [0.4, 0.5) is 5.69 Å². The highest BCUT2D eigenvalue weighted by Crippen LogP contribution is 2.48. The number of aromatic nitrogens is 1. The quantitative estimate of drug-likeness (QED) is 0.748. The predicted octanol–water partition coefficient (Wildman–Crippen LogP) is 4.14. The molecule has 2 fully saturated rings. The second kappa shape index (κ2) is 6.14. The standard InChI is InChI=1S/C22H22N2O4/c1-22(2)10-19(25)24(21(22)26)15-6-8-18(23-11-15)28-16-7-5-14-12-27-20(13-3-4-13)17(14)9-16/h5-9,11,13,20H,3-4,10,12H2,1-2H3. The fourth-order valence-electron chi connectivity index (χ4n) is 3.99. The van der Waals surface area contributed by atoms with E-state index in [2.05, 4.69) is 4.98 Å². The van der Waals surface area contributed by atoms with E-state index in [0.717, 1.165) is 0 Å². The highest BCUT2D eigenvalue weighted by atomic mass is 16.5. The van der Waals surface area contributed by atoms with Gasteiger partial charge in [-0.3, -0.25) is 9.59 Å². The van der Waals surface area contributed by atoms with Gasteiger partial charge >= 0.3 is 0 Å². The molecule has 2 aliphatic heterocycles. The molecular weight excluding hydrogens is 356 g/mol. The molecule has 1 aliphatic carbocycles. The van der Waals surface area contributed by atoms with Crippen molar-refractivity contribution in [3.05, 3.63) is 47.7 Å². The number of anilines is 1. The molecule has 1 unspecified atom stereocenters. The maximum Gasteiger partial charge on any atom is 0.239 e. The summed E-state index contributed by atoms with van der Waals surface area (Å²) in [6, 6.07) is 9.39. The van der Waals surface area contributed by atoms with Gasteiger partial charge in [0.15, 0.2) is 0 Å². The molecule has 5 rings (SSSR count). The number of pyridine rings is 1. The molecule has 0 radical (unpaired) electrons. The summed E-state index contributed by atoms with van der Waals surface area (Å²) in [6.07, 6.45) is 4.36. The van der Waals surface area contributed by atoms with Crippen molar-refractivity contribution in [2.45, 2.75) is 45.8 Å². The Morgan fingerprint density at radius 3 is 2.64 bits per heavy atom. The zero-order valence-electron chi connectivity index (χ0n) is 16.0. The van der Waals surface area contributed by atoms with Crippen LogP contribution in [0.2, 0.25) is 0 Å². The molecule has 144 valence electrons. The fourth-order valence-corrected chi connectivity index (χ4v) is 3.99. The average molecular weight is 378 g/mol. The van der Waals surface area contributed by atoms with Crippen LogP contribution in [0, 0.1) is 11.3 Å². The topological polar surface area (TPSA) is 68.7 Å². The third-order valence-electron chi connectivity index (χ3n) is 5.72. The van der Waals surface area contributed by atoms with Gasteiger partial charge in [0.25, 0.3) is 0 Å². The van der Waals surface area contributed by atoms with Crippen molar-refractivity contribution in [1.29, 1.82) is 0 Å². The smallest absolute Gasteiger partial charge is 0.239 e. The first kappa shape index (κ1) is 17.4. The Bertz CT molecular complexity index is 963. The van der Waals surface area contributed by atoms with E-state index in [1.807, 2.05) is 18.2 Å². The fraction of sp³-hybridized carbons (Fsp3) is 0.409. The summed E-state index contributed by atoms with van der Waals surface area (Å²) in [5, 5.41) is 0. The molecule has 3 aliphatic rings. The van der Waals surface area contributed by atoms with Crippen molar-refractivity contribution in [3.8, 4) is 11.6 Å². The van der Waals surface area contributed by atoms with Crippen molar-refractivity contribution in [3.63, 3.8) is 0 Å². The van der Waals surface area contributed by atoms with Crippen LogP contribution in [0.15, 0.2) is 36.5 Å². The Kier molecular flexibility index (Phi) is 3.81. The lowest BCUT2D eigenvalue weighted by Crippen LogP contribution is -2.32. The van der Waals surface area contributed by atoms with Crippen LogP contribution in [0.5, 0.6) is 11.6 Å². The van der Waals surface area contributed by atoms with Crippen molar-refractivity contribution in [2.24, 2.45) is 11.3 Å². The van der Waals surface area contributed by atoms with E-state index in [-0.39, 0.29) is 24.3 Å². The monoisotopic (exact) mass is 378 g/mol. The third-order valence-corrected chi connectivity index (χ3v) is 5.72. The van der Waals surface area contributed by atoms with Gasteiger partial charge in [-0.15, -0.1) is 0 Å². The third kappa shape index (κ3) is 2.88. The number of rotatable bonds is 4. The van der Waals surface area contributed by atoms with Crippen molar-refractivity contribution in [1.82, 2.24) is 4.98 Å². The first-order valence-corrected chi connectivity index (χ1v) is 9.68. The van der Waals surface area contributed by atoms with E-state index >= 15 is 0 Å². The minimum atomic E-state index is -0.670. The SMILES string of the molecule is CC1(C)CC(=O)N(c2ccc(Oc3ccc4c(c3)C(C3CC3)OC4)nc2)C1=O. The van der Waals surface area contributed by atoms with Gasteiger partial charge in [0.2, 0.25) is 17.7 Å². The normalized spacial score (nSPS) is 23.2. The number of imide groups is 1. The Morgan fingerprint density at radius 1 is 1.18 bits per heavy atom. The molecule has 0 spiro atoms. The number of fused-ring (bicyclic) bond motifs is 1. The lowest BCUT2D eigenvalue weighted by Gasteiger charge is -2.17. The Morgan fingerprint density at radius 2 is 2.00 bits per heavy atom. The molecule has 1 aromatic carbocycles. The summed E-state index contributed by atoms with van der Waals surface area (Å²) < 4.78 is 11.8. The van der Waals surface area contributed by atoms with E-state index in [4.69, 9.17) is 9.47 Å². The van der Waals surface area contributed by atoms with Crippen molar-refractivity contribution >= 4 is 17.5 Å². The number of benzene rings is 1. The van der Waals surface area contributed by atoms with Gasteiger partial charge in [-0.25, -0.2) is 9.88 Å². The average Bonchev–Trinajstić information content (AvgIpc) is 3.37. The number of amides is 2. The summed E-state index contributed by atoms with van der Waals surface area (Å²) in [5.41, 5.74) is 2.24. The van der Waals surface area contributed by atoms with Crippen LogP contribution in [0.25, 0.3) is 0 Å². The Labute approximate surface area is 163 Å². The molecule has 1 aromatic heterocycles. The zero-order chi connectivity index (χ0) is 19.5. The molecule has 1 saturated heterocycles. The van der Waals surface area contributed by atoms with Gasteiger partial charge in [-0.05, 0) is 48.1 Å². The maximum absolute atomic E-state index is 12.4. The highest BCUT2D eigenvalue weighted by Gasteiger charge is 2.45. The van der Waals surface area contributed by atoms with Gasteiger partial charge in [-0.1, -0.05) is 19.9 Å². The first-order chi connectivity index (χ1) is 13.4. The van der Waals surface area contributed by atoms with Crippen molar-refractivity contribution < 1.29 is 19.1 Å². The van der Waals surface area contributed by atoms with Gasteiger partial charge in [0, 0.05) is 12.5 Å². The number of hydrogen-bond acceptors (Lipinski definition) is 5. The molecule has 2 amide bonds. The highest BCUT2D eigenvalue weighted by molar-refractivity contribution is 6.22. The van der Waals surface area contributed by atoms with Crippen LogP contribution in [0.1, 0.15) is 50.3 Å². The maximum atomic E-state index is 12.4. The van der Waals surface area contributed by atoms with E-state index in [1.165, 1.54) is 35.1 Å². The van der Waals surface area contributed by atoms with Crippen molar-refractivity contribution in [2.75, 3.05) is 4.90 Å². The number of carbonyl (C=O) groups excluding carboxylic acids is 2. The van der Waals surface area contributed by atoms with E-state index in [9.17, 15) is 9.59 Å². The molecule has 1 atom stereocenters. The summed E-state index contributed by atoms with van der Waals surface area (Å²) in [4.78, 5) is 30.2. The Balaban J connectivity index is 1.34. The molecule has 0 bridgehead atoms. The summed E-state index contributed by atoms with van der Waals surface area (Å²) >= 11 is 0. The second-order valence-corrected chi connectivity index (χ2v) is 8.48. The minimum Gasteiger partial charge on any atom is -0.439 e. The zero-order valence-corrected chi connectivity index (χ0v) is 16.0. The largest absolute Gasteiger partial charge is 0.439 e. The van der Waals surface area contributed by atoms with E-state index in [0.29, 0.717) is 29.8 Å². The minimum absolute atomic E-state index is 0.185. The van der Waals surface area contributed by atoms with Gasteiger partial charge in [-0.2, -0.15) is 0 Å². The van der Waals surface area contributed by atoms with Gasteiger partial charge in [0.05, 0.1) is 30.0 Å². The predicted molar refractivity (Wildman–Crippen MR) is 102 cm³/mol. The van der Waals surface area contributed by atoms with Crippen LogP contribution in [-0.2, 0) is 20.9 Å². The first-order valence-electron chi connectivity index (χ1n) is 9.68.